The molecule has 1 fully saturated rings. The number of Topliss-reactive ketones (excluding diaryl/α,β-unsaturated/α-hetero) is 1. The summed E-state index contributed by atoms with van der Waals surface area (Å²) in [6, 6.07) is 0. The fourth-order valence-electron chi connectivity index (χ4n) is 2.35. The van der Waals surface area contributed by atoms with Gasteiger partial charge in [-0.2, -0.15) is 0 Å². The van der Waals surface area contributed by atoms with E-state index in [0.29, 0.717) is 12.8 Å². The Hall–Kier alpha value is -0.320. The predicted octanol–water partition coefficient (Wildman–Crippen LogP) is -1.21. The van der Waals surface area contributed by atoms with Gasteiger partial charge in [-0.05, 0) is 6.42 Å². The molecule has 1 aliphatic heterocycles. The number of carbonyl (C=O) groups is 2. The van der Waals surface area contributed by atoms with Crippen LogP contribution in [0.25, 0.3) is 0 Å². The van der Waals surface area contributed by atoms with Crippen molar-refractivity contribution in [2.75, 3.05) is 13.1 Å². The van der Waals surface area contributed by atoms with Gasteiger partial charge in [-0.1, -0.05) is 51.9 Å². The van der Waals surface area contributed by atoms with Crippen molar-refractivity contribution in [1.82, 2.24) is 4.90 Å². The molecule has 0 N–H and O–H groups in total. The number of likely N-dealkylation sites (tertiary alicyclic amines) is 1. The molecule has 0 radical (unpaired) electrons. The zero-order valence-corrected chi connectivity index (χ0v) is 14.8. The Morgan fingerprint density at radius 1 is 1.05 bits per heavy atom. The van der Waals surface area contributed by atoms with Gasteiger partial charge in [0.2, 0.25) is 0 Å². The van der Waals surface area contributed by atoms with E-state index >= 15 is 0 Å². The molecule has 0 aromatic heterocycles. The summed E-state index contributed by atoms with van der Waals surface area (Å²) in [5.74, 6) is -0.720. The van der Waals surface area contributed by atoms with E-state index in [4.69, 9.17) is 0 Å². The van der Waals surface area contributed by atoms with Crippen LogP contribution in [0.1, 0.15) is 58.3 Å². The quantitative estimate of drug-likeness (QED) is 0.176. The minimum atomic E-state index is -0.386. The molecule has 1 heterocycles. The van der Waals surface area contributed by atoms with Crippen LogP contribution in [0.3, 0.4) is 0 Å². The van der Waals surface area contributed by atoms with E-state index in [9.17, 15) is 14.7 Å². The van der Waals surface area contributed by atoms with E-state index in [2.05, 4.69) is 6.92 Å². The molecule has 0 spiro atoms. The second kappa shape index (κ2) is 11.4. The standard InChI is InChI=1S/C15H25NO3.Na/c1-2-3-4-5-6-7-8-9-10-16-11-14(18)13(12-17)15(16)19;/h12,17H,2-11H2,1H3;/q;+1/p-1/b13-12-;. The van der Waals surface area contributed by atoms with Crippen LogP contribution in [0, 0.1) is 0 Å². The number of amides is 1. The van der Waals surface area contributed by atoms with Crippen LogP contribution in [0.5, 0.6) is 0 Å². The van der Waals surface area contributed by atoms with Crippen molar-refractivity contribution < 1.29 is 44.3 Å². The van der Waals surface area contributed by atoms with Crippen LogP contribution in [0.15, 0.2) is 11.8 Å². The van der Waals surface area contributed by atoms with Gasteiger partial charge in [0.25, 0.3) is 5.91 Å². The SMILES string of the molecule is CCCCCCCCCCN1CC(=O)/C(=C/[O-])C1=O.[Na+]. The third kappa shape index (κ3) is 6.42. The molecule has 0 aromatic rings. The molecule has 0 aromatic carbocycles. The molecule has 0 bridgehead atoms. The van der Waals surface area contributed by atoms with E-state index in [1.807, 2.05) is 0 Å². The summed E-state index contributed by atoms with van der Waals surface area (Å²) in [4.78, 5) is 24.4. The van der Waals surface area contributed by atoms with Crippen LogP contribution in [-0.4, -0.2) is 29.7 Å². The monoisotopic (exact) mass is 289 g/mol. The van der Waals surface area contributed by atoms with E-state index in [1.165, 1.54) is 43.4 Å². The largest absolute Gasteiger partial charge is 1.00 e. The fraction of sp³-hybridized carbons (Fsp3) is 0.733. The Kier molecular flexibility index (Phi) is 11.2. The third-order valence-electron chi connectivity index (χ3n) is 3.55. The van der Waals surface area contributed by atoms with E-state index < -0.39 is 0 Å². The minimum absolute atomic E-state index is 0. The molecule has 0 atom stereocenters. The molecule has 1 aliphatic rings. The Morgan fingerprint density at radius 2 is 1.60 bits per heavy atom. The van der Waals surface area contributed by atoms with Gasteiger partial charge in [0, 0.05) is 6.54 Å². The molecule has 1 rings (SSSR count). The van der Waals surface area contributed by atoms with Crippen LogP contribution in [-0.2, 0) is 9.59 Å². The predicted molar refractivity (Wildman–Crippen MR) is 72.3 cm³/mol. The van der Waals surface area contributed by atoms with E-state index in [-0.39, 0.29) is 53.4 Å². The summed E-state index contributed by atoms with van der Waals surface area (Å²) in [5.41, 5.74) is -0.181. The van der Waals surface area contributed by atoms with Gasteiger partial charge in [-0.3, -0.25) is 9.59 Å². The second-order valence-corrected chi connectivity index (χ2v) is 5.16. The van der Waals surface area contributed by atoms with Crippen molar-refractivity contribution in [1.29, 1.82) is 0 Å². The topological polar surface area (TPSA) is 60.4 Å². The van der Waals surface area contributed by atoms with Gasteiger partial charge in [0.1, 0.15) is 0 Å². The van der Waals surface area contributed by atoms with Crippen LogP contribution >= 0.6 is 0 Å². The normalized spacial score (nSPS) is 16.9. The second-order valence-electron chi connectivity index (χ2n) is 5.16. The Morgan fingerprint density at radius 3 is 2.10 bits per heavy atom. The van der Waals surface area contributed by atoms with Crippen molar-refractivity contribution in [3.05, 3.63) is 11.8 Å². The van der Waals surface area contributed by atoms with Crippen LogP contribution < -0.4 is 34.7 Å². The summed E-state index contributed by atoms with van der Waals surface area (Å²) in [5, 5.41) is 10.6. The zero-order chi connectivity index (χ0) is 14.1. The maximum atomic E-state index is 11.6. The first-order chi connectivity index (χ1) is 9.20. The molecule has 20 heavy (non-hydrogen) atoms. The Labute approximate surface area is 143 Å². The Bertz CT molecular complexity index is 342. The number of hydrogen-bond acceptors (Lipinski definition) is 3. The molecule has 0 aliphatic carbocycles. The van der Waals surface area contributed by atoms with Gasteiger partial charge >= 0.3 is 29.6 Å². The number of hydrogen-bond donors (Lipinski definition) is 0. The molecule has 5 heteroatoms. The zero-order valence-electron chi connectivity index (χ0n) is 12.8. The first-order valence-electron chi connectivity index (χ1n) is 7.35. The smallest absolute Gasteiger partial charge is 0.877 e. The summed E-state index contributed by atoms with van der Waals surface area (Å²) < 4.78 is 0. The number of carbonyl (C=O) groups excluding carboxylic acids is 2. The van der Waals surface area contributed by atoms with Crippen molar-refractivity contribution in [3.8, 4) is 0 Å². The van der Waals surface area contributed by atoms with Crippen molar-refractivity contribution in [3.63, 3.8) is 0 Å². The summed E-state index contributed by atoms with van der Waals surface area (Å²) >= 11 is 0. The van der Waals surface area contributed by atoms with Gasteiger partial charge in [0.15, 0.2) is 5.78 Å². The average molecular weight is 289 g/mol. The fourth-order valence-corrected chi connectivity index (χ4v) is 2.35. The Balaban J connectivity index is 0.00000361. The summed E-state index contributed by atoms with van der Waals surface area (Å²) in [7, 11) is 0. The number of nitrogens with zero attached hydrogens (tertiary/aromatic N) is 1. The van der Waals surface area contributed by atoms with Crippen LogP contribution in [0.4, 0.5) is 0 Å². The maximum absolute atomic E-state index is 11.6. The number of ketones is 1. The van der Waals surface area contributed by atoms with Crippen molar-refractivity contribution >= 4 is 11.7 Å². The van der Waals surface area contributed by atoms with E-state index in [1.54, 1.807) is 0 Å². The molecule has 1 amide bonds. The average Bonchev–Trinajstić information content (AvgIpc) is 2.67. The van der Waals surface area contributed by atoms with Gasteiger partial charge in [-0.15, -0.1) is 6.26 Å². The minimum Gasteiger partial charge on any atom is -0.877 e. The molecule has 108 valence electrons. The molecule has 0 unspecified atom stereocenters. The molecule has 1 saturated heterocycles. The van der Waals surface area contributed by atoms with Gasteiger partial charge < -0.3 is 10.0 Å². The molecular weight excluding hydrogens is 265 g/mol. The van der Waals surface area contributed by atoms with Crippen molar-refractivity contribution in [2.45, 2.75) is 58.3 Å². The molecule has 4 nitrogen and oxygen atoms in total. The van der Waals surface area contributed by atoms with Gasteiger partial charge in [-0.25, -0.2) is 0 Å². The molecular formula is C15H24NNaO3. The van der Waals surface area contributed by atoms with Crippen molar-refractivity contribution in [2.24, 2.45) is 0 Å². The summed E-state index contributed by atoms with van der Waals surface area (Å²) in [6.07, 6.45) is 10.0. The number of rotatable bonds is 9. The van der Waals surface area contributed by atoms with Crippen LogP contribution in [0.2, 0.25) is 0 Å². The first-order valence-corrected chi connectivity index (χ1v) is 7.35. The van der Waals surface area contributed by atoms with Gasteiger partial charge in [0.05, 0.1) is 12.1 Å². The number of unbranched alkanes of at least 4 members (excludes halogenated alkanes) is 7. The summed E-state index contributed by atoms with van der Waals surface area (Å²) in [6.45, 7) is 2.89. The maximum Gasteiger partial charge on any atom is 1.00 e. The first kappa shape index (κ1) is 19.7. The van der Waals surface area contributed by atoms with E-state index in [0.717, 1.165) is 12.8 Å². The molecule has 0 saturated carbocycles. The third-order valence-corrected chi connectivity index (χ3v) is 3.55.